The van der Waals surface area contributed by atoms with Crippen LogP contribution in [0.15, 0.2) is 22.7 Å². The SMILES string of the molecule is Cc1cc(Br)ccc1CNCCS(C)(=O)=O. The Morgan fingerprint density at radius 1 is 1.38 bits per heavy atom. The Bertz CT molecular complexity index is 457. The Hall–Kier alpha value is -0.390. The predicted octanol–water partition coefficient (Wildman–Crippen LogP) is 1.89. The van der Waals surface area contributed by atoms with Crippen LogP contribution in [0, 0.1) is 6.92 Å². The van der Waals surface area contributed by atoms with Gasteiger partial charge in [0.15, 0.2) is 0 Å². The third kappa shape index (κ3) is 5.09. The van der Waals surface area contributed by atoms with Crippen molar-refractivity contribution in [3.05, 3.63) is 33.8 Å². The molecule has 0 saturated carbocycles. The van der Waals surface area contributed by atoms with Gasteiger partial charge < -0.3 is 5.32 Å². The maximum Gasteiger partial charge on any atom is 0.148 e. The predicted molar refractivity (Wildman–Crippen MR) is 70.3 cm³/mol. The van der Waals surface area contributed by atoms with Crippen molar-refractivity contribution >= 4 is 25.8 Å². The molecule has 0 spiro atoms. The molecule has 0 heterocycles. The van der Waals surface area contributed by atoms with Crippen LogP contribution in [-0.2, 0) is 16.4 Å². The van der Waals surface area contributed by atoms with E-state index in [-0.39, 0.29) is 5.75 Å². The summed E-state index contributed by atoms with van der Waals surface area (Å²) in [5, 5.41) is 3.12. The second-order valence-electron chi connectivity index (χ2n) is 3.88. The highest BCUT2D eigenvalue weighted by Gasteiger charge is 2.02. The number of sulfone groups is 1. The molecule has 0 aliphatic carbocycles. The van der Waals surface area contributed by atoms with E-state index in [2.05, 4.69) is 21.2 Å². The molecule has 0 amide bonds. The average molecular weight is 306 g/mol. The van der Waals surface area contributed by atoms with E-state index in [0.29, 0.717) is 13.1 Å². The zero-order chi connectivity index (χ0) is 12.2. The fourth-order valence-electron chi connectivity index (χ4n) is 1.34. The Labute approximate surface area is 105 Å². The first-order valence-corrected chi connectivity index (χ1v) is 7.87. The van der Waals surface area contributed by atoms with Crippen molar-refractivity contribution in [1.82, 2.24) is 5.32 Å². The molecule has 0 fully saturated rings. The number of aryl methyl sites for hydroxylation is 1. The Balaban J connectivity index is 2.43. The van der Waals surface area contributed by atoms with Crippen molar-refractivity contribution in [3.63, 3.8) is 0 Å². The first-order chi connectivity index (χ1) is 7.38. The summed E-state index contributed by atoms with van der Waals surface area (Å²) in [6, 6.07) is 6.07. The van der Waals surface area contributed by atoms with Crippen LogP contribution in [0.4, 0.5) is 0 Å². The van der Waals surface area contributed by atoms with Gasteiger partial charge in [0, 0.05) is 23.8 Å². The summed E-state index contributed by atoms with van der Waals surface area (Å²) < 4.78 is 22.9. The molecule has 0 aliphatic heterocycles. The first kappa shape index (κ1) is 13.7. The van der Waals surface area contributed by atoms with Crippen molar-refractivity contribution in [1.29, 1.82) is 0 Å². The van der Waals surface area contributed by atoms with Crippen LogP contribution in [0.3, 0.4) is 0 Å². The second kappa shape index (κ2) is 5.80. The van der Waals surface area contributed by atoms with E-state index in [1.54, 1.807) is 0 Å². The van der Waals surface area contributed by atoms with E-state index in [9.17, 15) is 8.42 Å². The van der Waals surface area contributed by atoms with Gasteiger partial charge in [-0.15, -0.1) is 0 Å². The summed E-state index contributed by atoms with van der Waals surface area (Å²) in [4.78, 5) is 0. The number of hydrogen-bond acceptors (Lipinski definition) is 3. The van der Waals surface area contributed by atoms with Gasteiger partial charge >= 0.3 is 0 Å². The zero-order valence-corrected chi connectivity index (χ0v) is 11.9. The fraction of sp³-hybridized carbons (Fsp3) is 0.455. The molecule has 1 rings (SSSR count). The molecule has 1 aromatic rings. The standard InChI is InChI=1S/C11H16BrNO2S/c1-9-7-11(12)4-3-10(9)8-13-5-6-16(2,14)15/h3-4,7,13H,5-6,8H2,1-2H3. The van der Waals surface area contributed by atoms with Gasteiger partial charge in [-0.1, -0.05) is 22.0 Å². The third-order valence-electron chi connectivity index (χ3n) is 2.27. The van der Waals surface area contributed by atoms with Crippen LogP contribution < -0.4 is 5.32 Å². The summed E-state index contributed by atoms with van der Waals surface area (Å²) >= 11 is 3.40. The molecule has 0 radical (unpaired) electrons. The number of benzene rings is 1. The highest BCUT2D eigenvalue weighted by molar-refractivity contribution is 9.10. The topological polar surface area (TPSA) is 46.2 Å². The molecule has 0 aliphatic rings. The molecule has 3 nitrogen and oxygen atoms in total. The quantitative estimate of drug-likeness (QED) is 0.845. The molecule has 5 heteroatoms. The minimum absolute atomic E-state index is 0.183. The van der Waals surface area contributed by atoms with Crippen molar-refractivity contribution in [3.8, 4) is 0 Å². The van der Waals surface area contributed by atoms with Gasteiger partial charge in [0.2, 0.25) is 0 Å². The van der Waals surface area contributed by atoms with Gasteiger partial charge in [0.1, 0.15) is 9.84 Å². The van der Waals surface area contributed by atoms with E-state index >= 15 is 0 Å². The van der Waals surface area contributed by atoms with Crippen molar-refractivity contribution < 1.29 is 8.42 Å². The zero-order valence-electron chi connectivity index (χ0n) is 9.46. The largest absolute Gasteiger partial charge is 0.312 e. The summed E-state index contributed by atoms with van der Waals surface area (Å²) in [5.41, 5.74) is 2.39. The summed E-state index contributed by atoms with van der Waals surface area (Å²) in [7, 11) is -2.87. The smallest absolute Gasteiger partial charge is 0.148 e. The van der Waals surface area contributed by atoms with Gasteiger partial charge in [-0.2, -0.15) is 0 Å². The third-order valence-corrected chi connectivity index (χ3v) is 3.71. The lowest BCUT2D eigenvalue weighted by atomic mass is 10.1. The lowest BCUT2D eigenvalue weighted by Crippen LogP contribution is -2.22. The van der Waals surface area contributed by atoms with Crippen LogP contribution in [0.2, 0.25) is 0 Å². The maximum absolute atomic E-state index is 10.9. The van der Waals surface area contributed by atoms with E-state index in [1.165, 1.54) is 17.4 Å². The molecule has 0 unspecified atom stereocenters. The minimum Gasteiger partial charge on any atom is -0.312 e. The highest BCUT2D eigenvalue weighted by atomic mass is 79.9. The van der Waals surface area contributed by atoms with Crippen molar-refractivity contribution in [2.45, 2.75) is 13.5 Å². The molecule has 0 saturated heterocycles. The molecule has 90 valence electrons. The molecule has 0 bridgehead atoms. The van der Waals surface area contributed by atoms with Gasteiger partial charge in [-0.3, -0.25) is 0 Å². The lowest BCUT2D eigenvalue weighted by molar-refractivity contribution is 0.596. The molecule has 1 N–H and O–H groups in total. The summed E-state index contributed by atoms with van der Waals surface area (Å²) in [6.07, 6.45) is 1.25. The molecule has 16 heavy (non-hydrogen) atoms. The molecule has 0 atom stereocenters. The van der Waals surface area contributed by atoms with E-state index < -0.39 is 9.84 Å². The molecular weight excluding hydrogens is 290 g/mol. The lowest BCUT2D eigenvalue weighted by Gasteiger charge is -2.07. The number of rotatable bonds is 5. The van der Waals surface area contributed by atoms with Crippen LogP contribution in [0.1, 0.15) is 11.1 Å². The maximum atomic E-state index is 10.9. The monoisotopic (exact) mass is 305 g/mol. The molecule has 1 aromatic carbocycles. The summed E-state index contributed by atoms with van der Waals surface area (Å²) in [5.74, 6) is 0.183. The number of nitrogens with one attached hydrogen (secondary N) is 1. The fourth-order valence-corrected chi connectivity index (χ4v) is 2.33. The van der Waals surface area contributed by atoms with Gasteiger partial charge in [0.25, 0.3) is 0 Å². The van der Waals surface area contributed by atoms with Gasteiger partial charge in [-0.25, -0.2) is 8.42 Å². The Morgan fingerprint density at radius 2 is 2.06 bits per heavy atom. The number of halogens is 1. The highest BCUT2D eigenvalue weighted by Crippen LogP contribution is 2.15. The number of hydrogen-bond donors (Lipinski definition) is 1. The Kier molecular flexibility index (Phi) is 4.95. The normalized spacial score (nSPS) is 11.7. The first-order valence-electron chi connectivity index (χ1n) is 5.02. The van der Waals surface area contributed by atoms with Crippen LogP contribution >= 0.6 is 15.9 Å². The minimum atomic E-state index is -2.87. The van der Waals surface area contributed by atoms with E-state index in [1.807, 2.05) is 25.1 Å². The molecule has 0 aromatic heterocycles. The average Bonchev–Trinajstić information content (AvgIpc) is 2.13. The van der Waals surface area contributed by atoms with Gasteiger partial charge in [-0.05, 0) is 30.2 Å². The molecular formula is C11H16BrNO2S. The van der Waals surface area contributed by atoms with Crippen LogP contribution in [0.25, 0.3) is 0 Å². The Morgan fingerprint density at radius 3 is 2.62 bits per heavy atom. The van der Waals surface area contributed by atoms with Crippen molar-refractivity contribution in [2.24, 2.45) is 0 Å². The van der Waals surface area contributed by atoms with E-state index in [0.717, 1.165) is 4.47 Å². The van der Waals surface area contributed by atoms with Crippen LogP contribution in [-0.4, -0.2) is 27.0 Å². The van der Waals surface area contributed by atoms with Crippen molar-refractivity contribution in [2.75, 3.05) is 18.6 Å². The van der Waals surface area contributed by atoms with Gasteiger partial charge in [0.05, 0.1) is 5.75 Å². The van der Waals surface area contributed by atoms with Crippen LogP contribution in [0.5, 0.6) is 0 Å². The summed E-state index contributed by atoms with van der Waals surface area (Å²) in [6.45, 7) is 3.24. The second-order valence-corrected chi connectivity index (χ2v) is 7.05. The van der Waals surface area contributed by atoms with E-state index in [4.69, 9.17) is 0 Å².